The van der Waals surface area contributed by atoms with E-state index in [4.69, 9.17) is 5.73 Å². The fraction of sp³-hybridized carbons (Fsp3) is 0.316. The SMILES string of the molecule is Cl.NC[C@@H]1CN(C(=O)Cn2cnc3sccc3c2=O)C[C@H]1c1ccccc1. The lowest BCUT2D eigenvalue weighted by Gasteiger charge is -2.17. The Labute approximate surface area is 167 Å². The van der Waals surface area contributed by atoms with Crippen molar-refractivity contribution in [1.82, 2.24) is 14.5 Å². The number of benzene rings is 1. The highest BCUT2D eigenvalue weighted by Gasteiger charge is 2.35. The maximum atomic E-state index is 12.8. The number of aromatic nitrogens is 2. The first-order chi connectivity index (χ1) is 12.7. The molecule has 2 aromatic heterocycles. The van der Waals surface area contributed by atoms with Crippen LogP contribution in [0.2, 0.25) is 0 Å². The predicted molar refractivity (Wildman–Crippen MR) is 109 cm³/mol. The molecule has 0 aliphatic carbocycles. The van der Waals surface area contributed by atoms with E-state index in [1.807, 2.05) is 28.5 Å². The quantitative estimate of drug-likeness (QED) is 0.721. The Hall–Kier alpha value is -2.22. The summed E-state index contributed by atoms with van der Waals surface area (Å²) >= 11 is 1.42. The largest absolute Gasteiger partial charge is 0.340 e. The minimum absolute atomic E-state index is 0. The number of hydrogen-bond donors (Lipinski definition) is 1. The molecule has 142 valence electrons. The number of carbonyl (C=O) groups excluding carboxylic acids is 1. The summed E-state index contributed by atoms with van der Waals surface area (Å²) in [6.07, 6.45) is 1.46. The lowest BCUT2D eigenvalue weighted by atomic mass is 9.89. The molecule has 0 unspecified atom stereocenters. The molecule has 8 heteroatoms. The summed E-state index contributed by atoms with van der Waals surface area (Å²) in [5.74, 6) is 0.398. The molecular formula is C19H21ClN4O2S. The molecule has 0 radical (unpaired) electrons. The van der Waals surface area contributed by atoms with Gasteiger partial charge in [-0.1, -0.05) is 30.3 Å². The van der Waals surface area contributed by atoms with Crippen molar-refractivity contribution in [3.63, 3.8) is 0 Å². The lowest BCUT2D eigenvalue weighted by molar-refractivity contribution is -0.131. The first-order valence-corrected chi connectivity index (χ1v) is 9.50. The van der Waals surface area contributed by atoms with Crippen LogP contribution in [-0.2, 0) is 11.3 Å². The number of hydrogen-bond acceptors (Lipinski definition) is 5. The summed E-state index contributed by atoms with van der Waals surface area (Å²) < 4.78 is 1.39. The van der Waals surface area contributed by atoms with E-state index in [1.54, 1.807) is 6.07 Å². The van der Waals surface area contributed by atoms with E-state index in [-0.39, 0.29) is 42.3 Å². The van der Waals surface area contributed by atoms with E-state index >= 15 is 0 Å². The molecule has 1 fully saturated rings. The third-order valence-corrected chi connectivity index (χ3v) is 5.90. The van der Waals surface area contributed by atoms with Gasteiger partial charge in [-0.15, -0.1) is 23.7 Å². The second-order valence-electron chi connectivity index (χ2n) is 6.63. The van der Waals surface area contributed by atoms with Crippen LogP contribution in [-0.4, -0.2) is 40.0 Å². The Morgan fingerprint density at radius 1 is 1.22 bits per heavy atom. The first kappa shape index (κ1) is 19.5. The number of carbonyl (C=O) groups is 1. The maximum absolute atomic E-state index is 12.8. The molecule has 6 nitrogen and oxygen atoms in total. The third kappa shape index (κ3) is 3.76. The van der Waals surface area contributed by atoms with Crippen LogP contribution in [0.4, 0.5) is 0 Å². The predicted octanol–water partition coefficient (Wildman–Crippen LogP) is 2.08. The zero-order valence-corrected chi connectivity index (χ0v) is 16.3. The van der Waals surface area contributed by atoms with Crippen molar-refractivity contribution in [3.8, 4) is 0 Å². The molecule has 27 heavy (non-hydrogen) atoms. The van der Waals surface area contributed by atoms with Gasteiger partial charge in [-0.3, -0.25) is 14.2 Å². The number of rotatable bonds is 4. The van der Waals surface area contributed by atoms with Crippen LogP contribution in [0.5, 0.6) is 0 Å². The van der Waals surface area contributed by atoms with Crippen LogP contribution < -0.4 is 11.3 Å². The molecule has 3 heterocycles. The van der Waals surface area contributed by atoms with Gasteiger partial charge in [0.05, 0.1) is 11.7 Å². The van der Waals surface area contributed by atoms with Gasteiger partial charge in [0.15, 0.2) is 0 Å². The van der Waals surface area contributed by atoms with Gasteiger partial charge in [0.1, 0.15) is 11.4 Å². The Bertz CT molecular complexity index is 988. The van der Waals surface area contributed by atoms with E-state index in [9.17, 15) is 9.59 Å². The number of thiophene rings is 1. The standard InChI is InChI=1S/C19H20N4O2S.ClH/c20-8-14-9-22(10-16(14)13-4-2-1-3-5-13)17(24)11-23-12-21-18-15(19(23)25)6-7-26-18;/h1-7,12,14,16H,8-11,20H2;1H/t14-,16+;/m1./s1. The zero-order valence-electron chi connectivity index (χ0n) is 14.7. The van der Waals surface area contributed by atoms with Gasteiger partial charge >= 0.3 is 0 Å². The Balaban J connectivity index is 0.00000210. The third-order valence-electron chi connectivity index (χ3n) is 5.08. The minimum Gasteiger partial charge on any atom is -0.340 e. The molecule has 0 saturated carbocycles. The average molecular weight is 405 g/mol. The molecule has 4 rings (SSSR count). The second-order valence-corrected chi connectivity index (χ2v) is 7.52. The second kappa shape index (κ2) is 8.21. The van der Waals surface area contributed by atoms with E-state index < -0.39 is 0 Å². The van der Waals surface area contributed by atoms with Crippen molar-refractivity contribution in [3.05, 3.63) is 64.0 Å². The van der Waals surface area contributed by atoms with Crippen LogP contribution in [0.15, 0.2) is 52.9 Å². The molecule has 3 aromatic rings. The molecule has 1 saturated heterocycles. The fourth-order valence-corrected chi connectivity index (χ4v) is 4.37. The number of halogens is 1. The summed E-state index contributed by atoms with van der Waals surface area (Å²) in [7, 11) is 0. The summed E-state index contributed by atoms with van der Waals surface area (Å²) in [5, 5.41) is 2.40. The van der Waals surface area contributed by atoms with Gasteiger partial charge in [-0.25, -0.2) is 4.98 Å². The van der Waals surface area contributed by atoms with Gasteiger partial charge < -0.3 is 10.6 Å². The van der Waals surface area contributed by atoms with E-state index in [0.717, 1.165) is 0 Å². The zero-order chi connectivity index (χ0) is 18.1. The number of fused-ring (bicyclic) bond motifs is 1. The van der Waals surface area contributed by atoms with Crippen molar-refractivity contribution < 1.29 is 4.79 Å². The van der Waals surface area contributed by atoms with Gasteiger partial charge in [0.2, 0.25) is 5.91 Å². The number of nitrogens with two attached hydrogens (primary N) is 1. The van der Waals surface area contributed by atoms with Crippen molar-refractivity contribution >= 4 is 39.9 Å². The summed E-state index contributed by atoms with van der Waals surface area (Å²) in [6.45, 7) is 1.80. The van der Waals surface area contributed by atoms with Crippen molar-refractivity contribution in [2.75, 3.05) is 19.6 Å². The van der Waals surface area contributed by atoms with Crippen LogP contribution in [0.1, 0.15) is 11.5 Å². The average Bonchev–Trinajstić information content (AvgIpc) is 3.31. The van der Waals surface area contributed by atoms with Crippen molar-refractivity contribution in [1.29, 1.82) is 0 Å². The van der Waals surface area contributed by atoms with E-state index in [2.05, 4.69) is 17.1 Å². The Kier molecular flexibility index (Phi) is 5.94. The molecule has 1 aromatic carbocycles. The fourth-order valence-electron chi connectivity index (χ4n) is 3.64. The van der Waals surface area contributed by atoms with Crippen LogP contribution >= 0.6 is 23.7 Å². The van der Waals surface area contributed by atoms with Gasteiger partial charge in [0, 0.05) is 19.0 Å². The van der Waals surface area contributed by atoms with E-state index in [0.29, 0.717) is 29.9 Å². The Morgan fingerprint density at radius 3 is 2.74 bits per heavy atom. The van der Waals surface area contributed by atoms with Gasteiger partial charge in [-0.2, -0.15) is 0 Å². The minimum atomic E-state index is -0.168. The van der Waals surface area contributed by atoms with Crippen molar-refractivity contribution in [2.24, 2.45) is 11.7 Å². The lowest BCUT2D eigenvalue weighted by Crippen LogP contribution is -2.35. The molecule has 0 bridgehead atoms. The molecule has 1 aliphatic rings. The summed E-state index contributed by atoms with van der Waals surface area (Å²) in [4.78, 5) is 32.1. The van der Waals surface area contributed by atoms with Crippen LogP contribution in [0.25, 0.3) is 10.2 Å². The Morgan fingerprint density at radius 2 is 2.00 bits per heavy atom. The highest BCUT2D eigenvalue weighted by atomic mass is 35.5. The van der Waals surface area contributed by atoms with Gasteiger partial charge in [-0.05, 0) is 29.5 Å². The molecular weight excluding hydrogens is 384 g/mol. The highest BCUT2D eigenvalue weighted by molar-refractivity contribution is 7.16. The van der Waals surface area contributed by atoms with Crippen LogP contribution in [0.3, 0.4) is 0 Å². The monoisotopic (exact) mass is 404 g/mol. The molecule has 2 N–H and O–H groups in total. The highest BCUT2D eigenvalue weighted by Crippen LogP contribution is 2.32. The smallest absolute Gasteiger partial charge is 0.262 e. The number of amides is 1. The summed E-state index contributed by atoms with van der Waals surface area (Å²) in [5.41, 5.74) is 6.99. The molecule has 1 aliphatic heterocycles. The van der Waals surface area contributed by atoms with Crippen molar-refractivity contribution in [2.45, 2.75) is 12.5 Å². The molecule has 2 atom stereocenters. The van der Waals surface area contributed by atoms with E-state index in [1.165, 1.54) is 27.8 Å². The molecule has 1 amide bonds. The first-order valence-electron chi connectivity index (χ1n) is 8.63. The molecule has 0 spiro atoms. The van der Waals surface area contributed by atoms with Crippen LogP contribution in [0, 0.1) is 5.92 Å². The topological polar surface area (TPSA) is 81.2 Å². The normalized spacial score (nSPS) is 19.2. The van der Waals surface area contributed by atoms with Gasteiger partial charge in [0.25, 0.3) is 5.56 Å². The maximum Gasteiger partial charge on any atom is 0.262 e. The number of nitrogens with zero attached hydrogens (tertiary/aromatic N) is 3. The number of likely N-dealkylation sites (tertiary alicyclic amines) is 1. The summed E-state index contributed by atoms with van der Waals surface area (Å²) in [6, 6.07) is 11.9.